The molecule has 3 heteroatoms. The second-order valence-corrected chi connectivity index (χ2v) is 5.38. The monoisotopic (exact) mass is 248 g/mol. The van der Waals surface area contributed by atoms with Crippen molar-refractivity contribution in [2.24, 2.45) is 5.92 Å². The molecule has 1 aromatic rings. The lowest BCUT2D eigenvalue weighted by Crippen LogP contribution is -2.21. The molecule has 0 aliphatic carbocycles. The van der Waals surface area contributed by atoms with Crippen molar-refractivity contribution in [2.75, 3.05) is 5.32 Å². The number of nitrogens with one attached hydrogen (secondary N) is 2. The molecule has 0 aliphatic heterocycles. The van der Waals surface area contributed by atoms with Crippen LogP contribution < -0.4 is 10.6 Å². The lowest BCUT2D eigenvalue weighted by molar-refractivity contribution is -0.116. The summed E-state index contributed by atoms with van der Waals surface area (Å²) in [7, 11) is 0. The molecule has 0 bridgehead atoms. The Morgan fingerprint density at radius 2 is 1.72 bits per heavy atom. The first-order chi connectivity index (χ1) is 8.47. The van der Waals surface area contributed by atoms with Gasteiger partial charge in [0.15, 0.2) is 0 Å². The summed E-state index contributed by atoms with van der Waals surface area (Å²) in [6, 6.07) is 8.47. The Hall–Kier alpha value is -1.35. The molecule has 0 fully saturated rings. The number of carbonyl (C=O) groups is 1. The number of anilines is 1. The van der Waals surface area contributed by atoms with E-state index < -0.39 is 0 Å². The molecule has 1 rings (SSSR count). The molecule has 0 aromatic heterocycles. The zero-order chi connectivity index (χ0) is 13.5. The van der Waals surface area contributed by atoms with Crippen LogP contribution in [0.2, 0.25) is 0 Å². The molecule has 0 spiro atoms. The quantitative estimate of drug-likeness (QED) is 0.812. The van der Waals surface area contributed by atoms with Crippen molar-refractivity contribution in [3.63, 3.8) is 0 Å². The summed E-state index contributed by atoms with van der Waals surface area (Å²) in [6.07, 6.45) is 0.566. The molecule has 1 aromatic carbocycles. The van der Waals surface area contributed by atoms with Crippen LogP contribution in [0.5, 0.6) is 0 Å². The Labute approximate surface area is 110 Å². The van der Waals surface area contributed by atoms with Crippen molar-refractivity contribution in [1.29, 1.82) is 0 Å². The summed E-state index contributed by atoms with van der Waals surface area (Å²) in [4.78, 5) is 11.6. The van der Waals surface area contributed by atoms with E-state index in [1.165, 1.54) is 5.56 Å². The standard InChI is InChI=1S/C15H24N2O/c1-11(2)9-15(18)17-14-7-5-13(6-8-14)10-16-12(3)4/h5-8,11-12,16H,9-10H2,1-4H3,(H,17,18). The summed E-state index contributed by atoms with van der Waals surface area (Å²) in [6.45, 7) is 9.19. The third kappa shape index (κ3) is 5.82. The van der Waals surface area contributed by atoms with Crippen molar-refractivity contribution >= 4 is 11.6 Å². The van der Waals surface area contributed by atoms with Gasteiger partial charge in [0.05, 0.1) is 0 Å². The van der Waals surface area contributed by atoms with Gasteiger partial charge < -0.3 is 10.6 Å². The first kappa shape index (κ1) is 14.7. The van der Waals surface area contributed by atoms with Gasteiger partial charge in [-0.3, -0.25) is 4.79 Å². The maximum Gasteiger partial charge on any atom is 0.224 e. The van der Waals surface area contributed by atoms with E-state index in [-0.39, 0.29) is 5.91 Å². The minimum Gasteiger partial charge on any atom is -0.326 e. The summed E-state index contributed by atoms with van der Waals surface area (Å²) in [5.74, 6) is 0.470. The molecule has 0 saturated heterocycles. The molecule has 18 heavy (non-hydrogen) atoms. The van der Waals surface area contributed by atoms with E-state index >= 15 is 0 Å². The SMILES string of the molecule is CC(C)CC(=O)Nc1ccc(CNC(C)C)cc1. The summed E-state index contributed by atoms with van der Waals surface area (Å²) in [5.41, 5.74) is 2.10. The number of carbonyl (C=O) groups excluding carboxylic acids is 1. The number of amides is 1. The van der Waals surface area contributed by atoms with Gasteiger partial charge in [0, 0.05) is 24.7 Å². The van der Waals surface area contributed by atoms with Gasteiger partial charge in [-0.1, -0.05) is 39.8 Å². The van der Waals surface area contributed by atoms with Crippen LogP contribution in [0.3, 0.4) is 0 Å². The highest BCUT2D eigenvalue weighted by atomic mass is 16.1. The number of rotatable bonds is 6. The summed E-state index contributed by atoms with van der Waals surface area (Å²) in [5, 5.41) is 6.27. The predicted octanol–water partition coefficient (Wildman–Crippen LogP) is 3.17. The maximum atomic E-state index is 11.6. The van der Waals surface area contributed by atoms with Crippen molar-refractivity contribution in [2.45, 2.75) is 46.7 Å². The Balaban J connectivity index is 2.47. The van der Waals surface area contributed by atoms with Gasteiger partial charge in [-0.2, -0.15) is 0 Å². The maximum absolute atomic E-state index is 11.6. The summed E-state index contributed by atoms with van der Waals surface area (Å²) >= 11 is 0. The highest BCUT2D eigenvalue weighted by Gasteiger charge is 2.05. The molecular formula is C15H24N2O. The largest absolute Gasteiger partial charge is 0.326 e. The third-order valence-corrected chi connectivity index (χ3v) is 2.55. The normalized spacial score (nSPS) is 11.0. The molecule has 2 N–H and O–H groups in total. The summed E-state index contributed by atoms with van der Waals surface area (Å²) < 4.78 is 0. The molecule has 0 unspecified atom stereocenters. The Morgan fingerprint density at radius 1 is 1.11 bits per heavy atom. The zero-order valence-corrected chi connectivity index (χ0v) is 11.8. The molecule has 0 atom stereocenters. The molecule has 0 saturated carbocycles. The van der Waals surface area contributed by atoms with Crippen LogP contribution in [-0.2, 0) is 11.3 Å². The fraction of sp³-hybridized carbons (Fsp3) is 0.533. The number of hydrogen-bond donors (Lipinski definition) is 2. The van der Waals surface area contributed by atoms with E-state index in [1.807, 2.05) is 38.1 Å². The smallest absolute Gasteiger partial charge is 0.224 e. The van der Waals surface area contributed by atoms with E-state index in [4.69, 9.17) is 0 Å². The Kier molecular flexibility index (Phi) is 5.86. The van der Waals surface area contributed by atoms with Gasteiger partial charge in [-0.05, 0) is 23.6 Å². The third-order valence-electron chi connectivity index (χ3n) is 2.55. The molecule has 0 aliphatic rings. The highest BCUT2D eigenvalue weighted by Crippen LogP contribution is 2.11. The van der Waals surface area contributed by atoms with E-state index in [1.54, 1.807) is 0 Å². The van der Waals surface area contributed by atoms with Gasteiger partial charge in [-0.15, -0.1) is 0 Å². The predicted molar refractivity (Wildman–Crippen MR) is 76.5 cm³/mol. The lowest BCUT2D eigenvalue weighted by atomic mass is 10.1. The van der Waals surface area contributed by atoms with Crippen LogP contribution in [0.4, 0.5) is 5.69 Å². The zero-order valence-electron chi connectivity index (χ0n) is 11.8. The molecule has 0 radical (unpaired) electrons. The Morgan fingerprint density at radius 3 is 2.22 bits per heavy atom. The van der Waals surface area contributed by atoms with Crippen LogP contribution in [0.1, 0.15) is 39.7 Å². The number of hydrogen-bond acceptors (Lipinski definition) is 2. The average Bonchev–Trinajstić information content (AvgIpc) is 2.26. The second-order valence-electron chi connectivity index (χ2n) is 5.38. The van der Waals surface area contributed by atoms with Gasteiger partial charge in [-0.25, -0.2) is 0 Å². The lowest BCUT2D eigenvalue weighted by Gasteiger charge is -2.10. The van der Waals surface area contributed by atoms with Crippen molar-refractivity contribution in [1.82, 2.24) is 5.32 Å². The first-order valence-corrected chi connectivity index (χ1v) is 6.59. The van der Waals surface area contributed by atoms with Crippen LogP contribution in [-0.4, -0.2) is 11.9 Å². The minimum atomic E-state index is 0.0815. The van der Waals surface area contributed by atoms with Crippen LogP contribution in [0, 0.1) is 5.92 Å². The van der Waals surface area contributed by atoms with E-state index in [2.05, 4.69) is 24.5 Å². The first-order valence-electron chi connectivity index (χ1n) is 6.59. The molecule has 1 amide bonds. The van der Waals surface area contributed by atoms with Gasteiger partial charge in [0.25, 0.3) is 0 Å². The van der Waals surface area contributed by atoms with Crippen LogP contribution in [0.25, 0.3) is 0 Å². The fourth-order valence-electron chi connectivity index (χ4n) is 1.61. The second kappa shape index (κ2) is 7.17. The topological polar surface area (TPSA) is 41.1 Å². The average molecular weight is 248 g/mol. The molecule has 100 valence electrons. The molecule has 0 heterocycles. The molecule has 3 nitrogen and oxygen atoms in total. The van der Waals surface area contributed by atoms with E-state index in [9.17, 15) is 4.79 Å². The fourth-order valence-corrected chi connectivity index (χ4v) is 1.61. The molecular weight excluding hydrogens is 224 g/mol. The van der Waals surface area contributed by atoms with Crippen molar-refractivity contribution in [3.8, 4) is 0 Å². The van der Waals surface area contributed by atoms with Crippen molar-refractivity contribution < 1.29 is 4.79 Å². The highest BCUT2D eigenvalue weighted by molar-refractivity contribution is 5.90. The van der Waals surface area contributed by atoms with Crippen LogP contribution in [0.15, 0.2) is 24.3 Å². The van der Waals surface area contributed by atoms with Crippen LogP contribution >= 0.6 is 0 Å². The Bertz CT molecular complexity index is 369. The van der Waals surface area contributed by atoms with E-state index in [0.717, 1.165) is 12.2 Å². The van der Waals surface area contributed by atoms with Gasteiger partial charge in [0.2, 0.25) is 5.91 Å². The minimum absolute atomic E-state index is 0.0815. The van der Waals surface area contributed by atoms with E-state index in [0.29, 0.717) is 18.4 Å². The number of benzene rings is 1. The van der Waals surface area contributed by atoms with Crippen molar-refractivity contribution in [3.05, 3.63) is 29.8 Å². The van der Waals surface area contributed by atoms with Gasteiger partial charge >= 0.3 is 0 Å². The van der Waals surface area contributed by atoms with Gasteiger partial charge in [0.1, 0.15) is 0 Å².